The molecule has 3 nitrogen and oxygen atoms in total. The van der Waals surface area contributed by atoms with Crippen LogP contribution in [-0.4, -0.2) is 20.3 Å². The standard InChI is InChI=1S/C14H23NO2/c1-6-12(10(2)3)15-11-7-8-13(16-4)14(9-11)17-5/h7-10,12,15H,6H2,1-5H3. The summed E-state index contributed by atoms with van der Waals surface area (Å²) in [5.41, 5.74) is 1.07. The summed E-state index contributed by atoms with van der Waals surface area (Å²) in [5.74, 6) is 2.12. The molecule has 0 fully saturated rings. The summed E-state index contributed by atoms with van der Waals surface area (Å²) in [7, 11) is 3.30. The summed E-state index contributed by atoms with van der Waals surface area (Å²) in [5, 5.41) is 3.52. The quantitative estimate of drug-likeness (QED) is 0.820. The first kappa shape index (κ1) is 13.7. The van der Waals surface area contributed by atoms with Crippen LogP contribution in [0, 0.1) is 5.92 Å². The van der Waals surface area contributed by atoms with Crippen molar-refractivity contribution in [3.05, 3.63) is 18.2 Å². The fourth-order valence-corrected chi connectivity index (χ4v) is 1.88. The van der Waals surface area contributed by atoms with Gasteiger partial charge < -0.3 is 14.8 Å². The third kappa shape index (κ3) is 3.55. The number of anilines is 1. The van der Waals surface area contributed by atoms with Crippen molar-refractivity contribution in [1.29, 1.82) is 0 Å². The average molecular weight is 237 g/mol. The molecule has 0 aliphatic carbocycles. The van der Waals surface area contributed by atoms with Crippen LogP contribution in [0.15, 0.2) is 18.2 Å². The van der Waals surface area contributed by atoms with E-state index in [1.807, 2.05) is 18.2 Å². The molecule has 17 heavy (non-hydrogen) atoms. The largest absolute Gasteiger partial charge is 0.493 e. The van der Waals surface area contributed by atoms with Crippen molar-refractivity contribution in [2.75, 3.05) is 19.5 Å². The van der Waals surface area contributed by atoms with Crippen LogP contribution < -0.4 is 14.8 Å². The molecule has 96 valence electrons. The molecule has 1 aromatic rings. The Balaban J connectivity index is 2.85. The van der Waals surface area contributed by atoms with Gasteiger partial charge in [0.05, 0.1) is 14.2 Å². The monoisotopic (exact) mass is 237 g/mol. The Morgan fingerprint density at radius 2 is 1.76 bits per heavy atom. The predicted molar refractivity (Wildman–Crippen MR) is 72.1 cm³/mol. The molecule has 1 unspecified atom stereocenters. The van der Waals surface area contributed by atoms with Crippen molar-refractivity contribution in [3.8, 4) is 11.5 Å². The summed E-state index contributed by atoms with van der Waals surface area (Å²) < 4.78 is 10.5. The molecule has 3 heteroatoms. The van der Waals surface area contributed by atoms with Gasteiger partial charge in [-0.3, -0.25) is 0 Å². The highest BCUT2D eigenvalue weighted by Crippen LogP contribution is 2.30. The van der Waals surface area contributed by atoms with E-state index in [-0.39, 0.29) is 0 Å². The van der Waals surface area contributed by atoms with E-state index in [4.69, 9.17) is 9.47 Å². The van der Waals surface area contributed by atoms with Gasteiger partial charge in [0, 0.05) is 17.8 Å². The van der Waals surface area contributed by atoms with Crippen molar-refractivity contribution in [1.82, 2.24) is 0 Å². The van der Waals surface area contributed by atoms with Gasteiger partial charge in [-0.25, -0.2) is 0 Å². The third-order valence-corrected chi connectivity index (χ3v) is 2.98. The summed E-state index contributed by atoms with van der Waals surface area (Å²) in [6, 6.07) is 6.40. The first-order chi connectivity index (χ1) is 8.12. The number of benzene rings is 1. The third-order valence-electron chi connectivity index (χ3n) is 2.98. The van der Waals surface area contributed by atoms with Crippen molar-refractivity contribution in [3.63, 3.8) is 0 Å². The Bertz CT molecular complexity index is 350. The number of nitrogens with one attached hydrogen (secondary N) is 1. The van der Waals surface area contributed by atoms with E-state index >= 15 is 0 Å². The molecule has 0 aliphatic rings. The lowest BCUT2D eigenvalue weighted by Gasteiger charge is -2.22. The molecule has 1 N–H and O–H groups in total. The van der Waals surface area contributed by atoms with E-state index in [0.717, 1.165) is 23.6 Å². The lowest BCUT2D eigenvalue weighted by molar-refractivity contribution is 0.355. The maximum atomic E-state index is 5.29. The Hall–Kier alpha value is -1.38. The van der Waals surface area contributed by atoms with E-state index in [1.165, 1.54) is 0 Å². The fourth-order valence-electron chi connectivity index (χ4n) is 1.88. The van der Waals surface area contributed by atoms with Crippen LogP contribution in [0.3, 0.4) is 0 Å². The van der Waals surface area contributed by atoms with Crippen LogP contribution in [-0.2, 0) is 0 Å². The Kier molecular flexibility index (Phi) is 5.13. The summed E-state index contributed by atoms with van der Waals surface area (Å²) in [4.78, 5) is 0. The summed E-state index contributed by atoms with van der Waals surface area (Å²) in [6.45, 7) is 6.64. The van der Waals surface area contributed by atoms with Gasteiger partial charge in [-0.15, -0.1) is 0 Å². The highest BCUT2D eigenvalue weighted by Gasteiger charge is 2.12. The molecule has 0 heterocycles. The van der Waals surface area contributed by atoms with Crippen LogP contribution in [0.25, 0.3) is 0 Å². The molecule has 0 radical (unpaired) electrons. The van der Waals surface area contributed by atoms with Gasteiger partial charge >= 0.3 is 0 Å². The Morgan fingerprint density at radius 1 is 1.12 bits per heavy atom. The molecule has 0 bridgehead atoms. The topological polar surface area (TPSA) is 30.5 Å². The fraction of sp³-hybridized carbons (Fsp3) is 0.571. The minimum atomic E-state index is 0.480. The lowest BCUT2D eigenvalue weighted by atomic mass is 10.0. The number of hydrogen-bond donors (Lipinski definition) is 1. The van der Waals surface area contributed by atoms with Crippen LogP contribution in [0.2, 0.25) is 0 Å². The van der Waals surface area contributed by atoms with E-state index in [2.05, 4.69) is 26.1 Å². The number of ether oxygens (including phenoxy) is 2. The minimum absolute atomic E-state index is 0.480. The zero-order valence-corrected chi connectivity index (χ0v) is 11.4. The first-order valence-electron chi connectivity index (χ1n) is 6.10. The van der Waals surface area contributed by atoms with Crippen LogP contribution in [0.4, 0.5) is 5.69 Å². The van der Waals surface area contributed by atoms with Crippen molar-refractivity contribution in [2.24, 2.45) is 5.92 Å². The molecule has 0 saturated carbocycles. The second-order valence-corrected chi connectivity index (χ2v) is 4.47. The molecular formula is C14H23NO2. The molecule has 1 atom stereocenters. The molecule has 0 saturated heterocycles. The van der Waals surface area contributed by atoms with Crippen molar-refractivity contribution >= 4 is 5.69 Å². The van der Waals surface area contributed by atoms with E-state index in [9.17, 15) is 0 Å². The van der Waals surface area contributed by atoms with Gasteiger partial charge in [-0.2, -0.15) is 0 Å². The predicted octanol–water partition coefficient (Wildman–Crippen LogP) is 3.55. The Morgan fingerprint density at radius 3 is 2.24 bits per heavy atom. The van der Waals surface area contributed by atoms with Crippen LogP contribution >= 0.6 is 0 Å². The molecule has 0 aromatic heterocycles. The molecule has 0 spiro atoms. The number of methoxy groups -OCH3 is 2. The normalized spacial score (nSPS) is 12.4. The molecule has 1 aromatic carbocycles. The number of rotatable bonds is 6. The van der Waals surface area contributed by atoms with Gasteiger partial charge in [0.15, 0.2) is 11.5 Å². The zero-order chi connectivity index (χ0) is 12.8. The van der Waals surface area contributed by atoms with Crippen LogP contribution in [0.1, 0.15) is 27.2 Å². The second-order valence-electron chi connectivity index (χ2n) is 4.47. The summed E-state index contributed by atoms with van der Waals surface area (Å²) in [6.07, 6.45) is 1.10. The maximum absolute atomic E-state index is 5.29. The SMILES string of the molecule is CCC(Nc1ccc(OC)c(OC)c1)C(C)C. The molecule has 1 rings (SSSR count). The zero-order valence-electron chi connectivity index (χ0n) is 11.4. The van der Waals surface area contributed by atoms with Crippen molar-refractivity contribution < 1.29 is 9.47 Å². The maximum Gasteiger partial charge on any atom is 0.162 e. The highest BCUT2D eigenvalue weighted by atomic mass is 16.5. The average Bonchev–Trinajstić information content (AvgIpc) is 2.35. The highest BCUT2D eigenvalue weighted by molar-refractivity contribution is 5.55. The van der Waals surface area contributed by atoms with E-state index in [0.29, 0.717) is 12.0 Å². The second kappa shape index (κ2) is 6.38. The Labute approximate surface area is 104 Å². The van der Waals surface area contributed by atoms with Gasteiger partial charge in [-0.1, -0.05) is 20.8 Å². The van der Waals surface area contributed by atoms with E-state index < -0.39 is 0 Å². The van der Waals surface area contributed by atoms with Gasteiger partial charge in [-0.05, 0) is 24.5 Å². The van der Waals surface area contributed by atoms with Gasteiger partial charge in [0.2, 0.25) is 0 Å². The van der Waals surface area contributed by atoms with Gasteiger partial charge in [0.25, 0.3) is 0 Å². The smallest absolute Gasteiger partial charge is 0.162 e. The summed E-state index contributed by atoms with van der Waals surface area (Å²) >= 11 is 0. The molecular weight excluding hydrogens is 214 g/mol. The van der Waals surface area contributed by atoms with Crippen LogP contribution in [0.5, 0.6) is 11.5 Å². The van der Waals surface area contributed by atoms with E-state index in [1.54, 1.807) is 14.2 Å². The number of hydrogen-bond acceptors (Lipinski definition) is 3. The van der Waals surface area contributed by atoms with Crippen molar-refractivity contribution in [2.45, 2.75) is 33.2 Å². The molecule has 0 amide bonds. The molecule has 0 aliphatic heterocycles. The minimum Gasteiger partial charge on any atom is -0.493 e. The lowest BCUT2D eigenvalue weighted by Crippen LogP contribution is -2.24. The van der Waals surface area contributed by atoms with Gasteiger partial charge in [0.1, 0.15) is 0 Å². The first-order valence-corrected chi connectivity index (χ1v) is 6.10.